The molecule has 0 atom stereocenters. The maximum atomic E-state index is 11.5. The van der Waals surface area contributed by atoms with Crippen LogP contribution in [0.3, 0.4) is 0 Å². The number of esters is 1. The number of methoxy groups -OCH3 is 1. The van der Waals surface area contributed by atoms with E-state index in [0.717, 1.165) is 13.2 Å². The Balaban J connectivity index is 3.22. The van der Waals surface area contributed by atoms with Gasteiger partial charge in [0.1, 0.15) is 6.42 Å². The van der Waals surface area contributed by atoms with Gasteiger partial charge in [0.05, 0.1) is 17.6 Å². The third-order valence-electron chi connectivity index (χ3n) is 2.08. The van der Waals surface area contributed by atoms with Gasteiger partial charge in [-0.2, -0.15) is 0 Å². The number of nitro benzene ring substituents is 1. The molecule has 0 aromatic heterocycles. The van der Waals surface area contributed by atoms with Crippen molar-refractivity contribution in [3.05, 3.63) is 39.4 Å². The number of nitrogens with zero attached hydrogens (tertiary/aromatic N) is 1. The van der Waals surface area contributed by atoms with E-state index in [1.54, 1.807) is 0 Å². The second-order valence-corrected chi connectivity index (χ2v) is 3.35. The Labute approximate surface area is 108 Å². The Bertz CT molecular complexity index is 596. The fraction of sp³-hybridized carbons (Fsp3) is 0.167. The first-order chi connectivity index (χ1) is 8.95. The summed E-state index contributed by atoms with van der Waals surface area (Å²) in [5.74, 6) is 2.94. The Morgan fingerprint density at radius 2 is 2.16 bits per heavy atom. The minimum atomic E-state index is -1.10. The number of benzene rings is 1. The molecule has 0 bridgehead atoms. The molecule has 1 aromatic rings. The lowest BCUT2D eigenvalue weighted by Crippen LogP contribution is -2.05. The minimum Gasteiger partial charge on any atom is -0.481 e. The van der Waals surface area contributed by atoms with Gasteiger partial charge < -0.3 is 9.84 Å². The van der Waals surface area contributed by atoms with E-state index in [1.165, 1.54) is 12.1 Å². The smallest absolute Gasteiger partial charge is 0.339 e. The van der Waals surface area contributed by atoms with Gasteiger partial charge in [-0.15, -0.1) is 0 Å². The van der Waals surface area contributed by atoms with Crippen LogP contribution in [0.2, 0.25) is 0 Å². The van der Waals surface area contributed by atoms with Crippen LogP contribution in [0.25, 0.3) is 0 Å². The van der Waals surface area contributed by atoms with Gasteiger partial charge in [-0.3, -0.25) is 14.9 Å². The molecule has 0 spiro atoms. The third-order valence-corrected chi connectivity index (χ3v) is 2.08. The maximum absolute atomic E-state index is 11.5. The fourth-order valence-corrected chi connectivity index (χ4v) is 1.25. The van der Waals surface area contributed by atoms with Crippen LogP contribution >= 0.6 is 0 Å². The first-order valence-corrected chi connectivity index (χ1v) is 5.03. The van der Waals surface area contributed by atoms with Crippen molar-refractivity contribution in [2.24, 2.45) is 0 Å². The van der Waals surface area contributed by atoms with Crippen LogP contribution < -0.4 is 0 Å². The number of carboxylic acid groups (broad SMARTS) is 1. The zero-order chi connectivity index (χ0) is 14.4. The van der Waals surface area contributed by atoms with Gasteiger partial charge in [-0.1, -0.05) is 11.8 Å². The van der Waals surface area contributed by atoms with E-state index < -0.39 is 23.3 Å². The number of rotatable bonds is 3. The van der Waals surface area contributed by atoms with E-state index in [1.807, 2.05) is 0 Å². The normalized spacial score (nSPS) is 9.11. The molecule has 98 valence electrons. The van der Waals surface area contributed by atoms with E-state index in [9.17, 15) is 19.7 Å². The zero-order valence-electron chi connectivity index (χ0n) is 9.87. The summed E-state index contributed by atoms with van der Waals surface area (Å²) in [6, 6.07) is 3.49. The highest BCUT2D eigenvalue weighted by atomic mass is 16.6. The molecule has 7 heteroatoms. The molecule has 0 aliphatic rings. The molecule has 1 N–H and O–H groups in total. The Kier molecular flexibility index (Phi) is 4.60. The molecule has 0 radical (unpaired) electrons. The molecule has 0 aliphatic heterocycles. The summed E-state index contributed by atoms with van der Waals surface area (Å²) >= 11 is 0. The second-order valence-electron chi connectivity index (χ2n) is 3.35. The molecule has 1 rings (SSSR count). The molecule has 0 saturated carbocycles. The average Bonchev–Trinajstić information content (AvgIpc) is 2.37. The molecule has 19 heavy (non-hydrogen) atoms. The largest absolute Gasteiger partial charge is 0.481 e. The first-order valence-electron chi connectivity index (χ1n) is 5.03. The highest BCUT2D eigenvalue weighted by Gasteiger charge is 2.16. The molecule has 0 fully saturated rings. The molecule has 7 nitrogen and oxygen atoms in total. The van der Waals surface area contributed by atoms with Gasteiger partial charge in [0.25, 0.3) is 5.69 Å². The van der Waals surface area contributed by atoms with E-state index in [-0.39, 0.29) is 16.8 Å². The van der Waals surface area contributed by atoms with Crippen molar-refractivity contribution in [3.63, 3.8) is 0 Å². The number of carboxylic acids is 1. The molecule has 1 aromatic carbocycles. The van der Waals surface area contributed by atoms with Crippen molar-refractivity contribution in [3.8, 4) is 11.8 Å². The van der Waals surface area contributed by atoms with E-state index in [4.69, 9.17) is 5.11 Å². The van der Waals surface area contributed by atoms with Crippen LogP contribution in [-0.2, 0) is 9.53 Å². The Morgan fingerprint density at radius 1 is 1.47 bits per heavy atom. The monoisotopic (exact) mass is 263 g/mol. The second kappa shape index (κ2) is 6.16. The van der Waals surface area contributed by atoms with Crippen LogP contribution in [0.5, 0.6) is 0 Å². The number of aliphatic carboxylic acids is 1. The molecular formula is C12H9NO6. The average molecular weight is 263 g/mol. The summed E-state index contributed by atoms with van der Waals surface area (Å²) in [5.41, 5.74) is -0.169. The Hall–Kier alpha value is -2.88. The number of nitro groups is 1. The van der Waals surface area contributed by atoms with Gasteiger partial charge in [-0.05, 0) is 6.07 Å². The van der Waals surface area contributed by atoms with Crippen LogP contribution in [0, 0.1) is 22.0 Å². The summed E-state index contributed by atoms with van der Waals surface area (Å²) in [5, 5.41) is 19.1. The summed E-state index contributed by atoms with van der Waals surface area (Å²) in [4.78, 5) is 31.8. The van der Waals surface area contributed by atoms with Crippen molar-refractivity contribution in [2.45, 2.75) is 6.42 Å². The molecule has 0 saturated heterocycles. The highest BCUT2D eigenvalue weighted by molar-refractivity contribution is 5.93. The molecule has 0 heterocycles. The van der Waals surface area contributed by atoms with Crippen LogP contribution in [0.4, 0.5) is 5.69 Å². The lowest BCUT2D eigenvalue weighted by molar-refractivity contribution is -0.384. The van der Waals surface area contributed by atoms with E-state index in [0.29, 0.717) is 0 Å². The lowest BCUT2D eigenvalue weighted by atomic mass is 10.1. The van der Waals surface area contributed by atoms with Crippen molar-refractivity contribution < 1.29 is 24.4 Å². The standard InChI is InChI=1S/C12H9NO6/c1-19-12(16)10-7-9(13(17)18)6-5-8(10)3-2-4-11(14)15/h5-7H,4H2,1H3,(H,14,15). The number of carbonyl (C=O) groups excluding carboxylic acids is 1. The van der Waals surface area contributed by atoms with Crippen molar-refractivity contribution in [2.75, 3.05) is 7.11 Å². The summed E-state index contributed by atoms with van der Waals surface area (Å²) in [6.07, 6.45) is -0.391. The topological polar surface area (TPSA) is 107 Å². The molecule has 0 aliphatic carbocycles. The third kappa shape index (κ3) is 3.81. The predicted molar refractivity (Wildman–Crippen MR) is 63.6 cm³/mol. The van der Waals surface area contributed by atoms with Crippen LogP contribution in [0.15, 0.2) is 18.2 Å². The van der Waals surface area contributed by atoms with Gasteiger partial charge >= 0.3 is 11.9 Å². The minimum absolute atomic E-state index is 0.0745. The van der Waals surface area contributed by atoms with Crippen LogP contribution in [-0.4, -0.2) is 29.1 Å². The van der Waals surface area contributed by atoms with E-state index >= 15 is 0 Å². The number of hydrogen-bond donors (Lipinski definition) is 1. The quantitative estimate of drug-likeness (QED) is 0.380. The Morgan fingerprint density at radius 3 is 2.68 bits per heavy atom. The van der Waals surface area contributed by atoms with Crippen LogP contribution in [0.1, 0.15) is 22.3 Å². The first kappa shape index (κ1) is 14.2. The number of hydrogen-bond acceptors (Lipinski definition) is 5. The molecule has 0 unspecified atom stereocenters. The van der Waals surface area contributed by atoms with Crippen molar-refractivity contribution in [1.82, 2.24) is 0 Å². The zero-order valence-corrected chi connectivity index (χ0v) is 9.87. The highest BCUT2D eigenvalue weighted by Crippen LogP contribution is 2.18. The predicted octanol–water partition coefficient (Wildman–Crippen LogP) is 1.21. The molecule has 0 amide bonds. The summed E-state index contributed by atoms with van der Waals surface area (Å²) in [7, 11) is 1.13. The summed E-state index contributed by atoms with van der Waals surface area (Å²) in [6.45, 7) is 0. The van der Waals surface area contributed by atoms with E-state index in [2.05, 4.69) is 16.6 Å². The SMILES string of the molecule is COC(=O)c1cc([N+](=O)[O-])ccc1C#CCC(=O)O. The maximum Gasteiger partial charge on any atom is 0.339 e. The van der Waals surface area contributed by atoms with Gasteiger partial charge in [0, 0.05) is 17.7 Å². The van der Waals surface area contributed by atoms with Crippen molar-refractivity contribution >= 4 is 17.6 Å². The summed E-state index contributed by atoms with van der Waals surface area (Å²) < 4.78 is 4.49. The fourth-order valence-electron chi connectivity index (χ4n) is 1.25. The number of ether oxygens (including phenoxy) is 1. The number of carbonyl (C=O) groups is 2. The van der Waals surface area contributed by atoms with Gasteiger partial charge in [0.15, 0.2) is 0 Å². The number of non-ortho nitro benzene ring substituents is 1. The van der Waals surface area contributed by atoms with Crippen molar-refractivity contribution in [1.29, 1.82) is 0 Å². The van der Waals surface area contributed by atoms with Gasteiger partial charge in [0.2, 0.25) is 0 Å². The lowest BCUT2D eigenvalue weighted by Gasteiger charge is -2.02. The molecular weight excluding hydrogens is 254 g/mol. The van der Waals surface area contributed by atoms with Gasteiger partial charge in [-0.25, -0.2) is 4.79 Å².